The van der Waals surface area contributed by atoms with Crippen LogP contribution in [0.2, 0.25) is 0 Å². The summed E-state index contributed by atoms with van der Waals surface area (Å²) in [4.78, 5) is 28.0. The quantitative estimate of drug-likeness (QED) is 0.302. The smallest absolute Gasteiger partial charge is 0.366 e. The first-order valence-corrected chi connectivity index (χ1v) is 15.8. The number of anilines is 2. The molecule has 0 aliphatic carbocycles. The summed E-state index contributed by atoms with van der Waals surface area (Å²) in [5.41, 5.74) is 0.545. The van der Waals surface area contributed by atoms with Gasteiger partial charge in [0.05, 0.1) is 28.5 Å². The average Bonchev–Trinajstić information content (AvgIpc) is 3.42. The molecule has 1 amide bonds. The lowest BCUT2D eigenvalue weighted by Crippen LogP contribution is -2.57. The summed E-state index contributed by atoms with van der Waals surface area (Å²) >= 11 is 0. The Morgan fingerprint density at radius 2 is 1.69 bits per heavy atom. The molecule has 2 fully saturated rings. The van der Waals surface area contributed by atoms with Gasteiger partial charge < -0.3 is 19.9 Å². The van der Waals surface area contributed by atoms with E-state index in [4.69, 9.17) is 9.84 Å². The lowest BCUT2D eigenvalue weighted by Gasteiger charge is -2.47. The third-order valence-corrected chi connectivity index (χ3v) is 8.37. The van der Waals surface area contributed by atoms with Crippen LogP contribution in [-0.2, 0) is 17.5 Å². The van der Waals surface area contributed by atoms with Gasteiger partial charge in [0, 0.05) is 69.5 Å². The van der Waals surface area contributed by atoms with Crippen LogP contribution in [0.25, 0.3) is 5.65 Å². The Balaban J connectivity index is 1.18. The monoisotopic (exact) mass is 660 g/mol. The van der Waals surface area contributed by atoms with Gasteiger partial charge in [-0.25, -0.2) is 9.50 Å². The number of nitrogens with zero attached hydrogens (tertiary/aromatic N) is 7. The zero-order valence-corrected chi connectivity index (χ0v) is 27.7. The summed E-state index contributed by atoms with van der Waals surface area (Å²) in [6.07, 6.45) is -0.0799. The van der Waals surface area contributed by atoms with Crippen molar-refractivity contribution in [3.8, 4) is 11.8 Å². The number of benzene rings is 1. The molecule has 0 saturated carbocycles. The highest BCUT2D eigenvalue weighted by molar-refractivity contribution is 6.04. The second-order valence-electron chi connectivity index (χ2n) is 13.7. The Labute approximate surface area is 277 Å². The number of hydrogen-bond donors (Lipinski definition) is 1. The molecular weight excluding hydrogens is 621 g/mol. The standard InChI is InChI=1S/C35H39F3N8O2/c1-33(2)22-45(23-34(3,4)48-33)31-11-10-30-40-20-28(46(30)42-31)9-6-24-16-26(19-39-18-24)32(47)41-27-8-7-25(29(17-27)35(36,37)38)21-44-14-12-43(5)13-15-44/h7-8,10-11,16-20H,12-15,21-23H2,1-5H3,(H,41,47). The van der Waals surface area contributed by atoms with Crippen LogP contribution in [0.4, 0.5) is 24.7 Å². The van der Waals surface area contributed by atoms with Crippen molar-refractivity contribution in [1.82, 2.24) is 29.4 Å². The minimum Gasteiger partial charge on any atom is -0.366 e. The van der Waals surface area contributed by atoms with E-state index < -0.39 is 17.6 Å². The van der Waals surface area contributed by atoms with Crippen LogP contribution in [0.15, 0.2) is 55.0 Å². The number of morpholine rings is 1. The molecule has 3 aromatic heterocycles. The number of rotatable bonds is 5. The first-order chi connectivity index (χ1) is 22.6. The predicted molar refractivity (Wildman–Crippen MR) is 177 cm³/mol. The van der Waals surface area contributed by atoms with Crippen molar-refractivity contribution in [3.05, 3.63) is 82.9 Å². The second kappa shape index (κ2) is 12.8. The number of imidazole rings is 1. The predicted octanol–water partition coefficient (Wildman–Crippen LogP) is 4.94. The Morgan fingerprint density at radius 1 is 0.958 bits per heavy atom. The zero-order chi connectivity index (χ0) is 34.3. The van der Waals surface area contributed by atoms with Crippen molar-refractivity contribution in [3.63, 3.8) is 0 Å². The number of aromatic nitrogens is 4. The summed E-state index contributed by atoms with van der Waals surface area (Å²) in [6.45, 7) is 12.7. The van der Waals surface area contributed by atoms with E-state index in [2.05, 4.69) is 64.6 Å². The lowest BCUT2D eigenvalue weighted by molar-refractivity contribution is -0.138. The van der Waals surface area contributed by atoms with Gasteiger partial charge in [-0.05, 0) is 76.6 Å². The molecular formula is C35H39F3N8O2. The van der Waals surface area contributed by atoms with Gasteiger partial charge in [0.1, 0.15) is 11.5 Å². The van der Waals surface area contributed by atoms with Gasteiger partial charge >= 0.3 is 6.18 Å². The fourth-order valence-corrected chi connectivity index (χ4v) is 6.34. The highest BCUT2D eigenvalue weighted by Gasteiger charge is 2.39. The first-order valence-electron chi connectivity index (χ1n) is 15.8. The maximum atomic E-state index is 14.1. The maximum Gasteiger partial charge on any atom is 0.416 e. The number of alkyl halides is 3. The Bertz CT molecular complexity index is 1870. The Hall–Kier alpha value is -4.51. The molecule has 0 spiro atoms. The van der Waals surface area contributed by atoms with Crippen LogP contribution >= 0.6 is 0 Å². The van der Waals surface area contributed by atoms with E-state index in [0.717, 1.165) is 25.0 Å². The average molecular weight is 661 g/mol. The highest BCUT2D eigenvalue weighted by atomic mass is 19.4. The van der Waals surface area contributed by atoms with Crippen molar-refractivity contribution in [2.45, 2.75) is 51.6 Å². The fourth-order valence-electron chi connectivity index (χ4n) is 6.34. The number of ether oxygens (including phenoxy) is 1. The highest BCUT2D eigenvalue weighted by Crippen LogP contribution is 2.35. The third-order valence-electron chi connectivity index (χ3n) is 8.37. The summed E-state index contributed by atoms with van der Waals surface area (Å²) in [7, 11) is 2.00. The molecule has 0 atom stereocenters. The second-order valence-corrected chi connectivity index (χ2v) is 13.7. The van der Waals surface area contributed by atoms with E-state index >= 15 is 0 Å². The molecule has 6 rings (SSSR count). The van der Waals surface area contributed by atoms with E-state index in [1.165, 1.54) is 24.5 Å². The number of halogens is 3. The molecule has 0 bridgehead atoms. The Kier molecular flexibility index (Phi) is 8.93. The molecule has 1 aromatic carbocycles. The van der Waals surface area contributed by atoms with E-state index in [9.17, 15) is 18.0 Å². The van der Waals surface area contributed by atoms with Crippen LogP contribution in [0.5, 0.6) is 0 Å². The molecule has 0 radical (unpaired) electrons. The molecule has 13 heteroatoms. The maximum absolute atomic E-state index is 14.1. The fraction of sp³-hybridized carbons (Fsp3) is 0.429. The van der Waals surface area contributed by atoms with Gasteiger partial charge in [-0.1, -0.05) is 12.0 Å². The number of fused-ring (bicyclic) bond motifs is 1. The number of amides is 1. The summed E-state index contributed by atoms with van der Waals surface area (Å²) in [5.74, 6) is 6.27. The minimum absolute atomic E-state index is 0.0468. The van der Waals surface area contributed by atoms with E-state index in [1.54, 1.807) is 16.8 Å². The van der Waals surface area contributed by atoms with Crippen LogP contribution < -0.4 is 10.2 Å². The van der Waals surface area contributed by atoms with E-state index in [-0.39, 0.29) is 34.6 Å². The van der Waals surface area contributed by atoms with Crippen molar-refractivity contribution < 1.29 is 22.7 Å². The Morgan fingerprint density at radius 3 is 2.40 bits per heavy atom. The molecule has 0 unspecified atom stereocenters. The topological polar surface area (TPSA) is 91.1 Å². The van der Waals surface area contributed by atoms with Gasteiger partial charge in [-0.15, -0.1) is 5.10 Å². The van der Waals surface area contributed by atoms with Crippen LogP contribution in [0, 0.1) is 11.8 Å². The molecule has 1 N–H and O–H groups in total. The van der Waals surface area contributed by atoms with Gasteiger partial charge in [-0.2, -0.15) is 13.2 Å². The molecule has 10 nitrogen and oxygen atoms in total. The van der Waals surface area contributed by atoms with Gasteiger partial charge in [0.15, 0.2) is 5.65 Å². The van der Waals surface area contributed by atoms with Gasteiger partial charge in [0.25, 0.3) is 5.91 Å². The zero-order valence-electron chi connectivity index (χ0n) is 27.7. The molecule has 4 aromatic rings. The number of piperazine rings is 1. The lowest BCUT2D eigenvalue weighted by atomic mass is 9.99. The number of hydrogen-bond acceptors (Lipinski definition) is 8. The van der Waals surface area contributed by atoms with Crippen LogP contribution in [0.3, 0.4) is 0 Å². The van der Waals surface area contributed by atoms with Crippen molar-refractivity contribution in [2.75, 3.05) is 56.5 Å². The molecule has 2 saturated heterocycles. The van der Waals surface area contributed by atoms with Gasteiger partial charge in [-0.3, -0.25) is 14.7 Å². The van der Waals surface area contributed by atoms with E-state index in [1.807, 2.05) is 24.1 Å². The molecule has 5 heterocycles. The number of likely N-dealkylation sites (N-methyl/N-ethyl adjacent to an activating group) is 1. The normalized spacial score (nSPS) is 18.4. The number of nitrogens with one attached hydrogen (secondary N) is 1. The first kappa shape index (κ1) is 33.4. The van der Waals surface area contributed by atoms with Crippen molar-refractivity contribution >= 4 is 23.1 Å². The number of pyridine rings is 1. The molecule has 2 aliphatic rings. The number of carbonyl (C=O) groups excluding carboxylic acids is 1. The molecule has 2 aliphatic heterocycles. The summed E-state index contributed by atoms with van der Waals surface area (Å²) < 4.78 is 50.0. The molecule has 48 heavy (non-hydrogen) atoms. The number of carbonyl (C=O) groups is 1. The van der Waals surface area contributed by atoms with Crippen LogP contribution in [-0.4, -0.2) is 92.8 Å². The molecule has 252 valence electrons. The minimum atomic E-state index is -4.57. The SMILES string of the molecule is CN1CCN(Cc2ccc(NC(=O)c3cncc(C#Cc4cnc5ccc(N6CC(C)(C)OC(C)(C)C6)nn45)c3)cc2C(F)(F)F)CC1. The van der Waals surface area contributed by atoms with E-state index in [0.29, 0.717) is 43.1 Å². The largest absolute Gasteiger partial charge is 0.416 e. The summed E-state index contributed by atoms with van der Waals surface area (Å²) in [5, 5.41) is 7.41. The van der Waals surface area contributed by atoms with Crippen molar-refractivity contribution in [1.29, 1.82) is 0 Å². The summed E-state index contributed by atoms with van der Waals surface area (Å²) in [6, 6.07) is 9.29. The van der Waals surface area contributed by atoms with Gasteiger partial charge in [0.2, 0.25) is 0 Å². The van der Waals surface area contributed by atoms with Crippen LogP contribution in [0.1, 0.15) is 60.4 Å². The third kappa shape index (κ3) is 7.78. The van der Waals surface area contributed by atoms with Crippen molar-refractivity contribution in [2.24, 2.45) is 0 Å².